The number of amides is 2. The van der Waals surface area contributed by atoms with Crippen LogP contribution in [0.2, 0.25) is 0 Å². The minimum absolute atomic E-state index is 0.0195. The number of para-hydroxylation sites is 1. The molecule has 0 saturated carbocycles. The first kappa shape index (κ1) is 21.9. The highest BCUT2D eigenvalue weighted by Crippen LogP contribution is 2.22. The fraction of sp³-hybridized carbons (Fsp3) is 0.200. The molecular weight excluding hydrogens is 392 g/mol. The molecule has 6 nitrogen and oxygen atoms in total. The second-order valence-corrected chi connectivity index (χ2v) is 6.78. The predicted octanol–water partition coefficient (Wildman–Crippen LogP) is 4.98. The number of benzene rings is 3. The lowest BCUT2D eigenvalue weighted by Gasteiger charge is -2.18. The third-order valence-corrected chi connectivity index (χ3v) is 4.64. The first-order valence-electron chi connectivity index (χ1n) is 10.2. The van der Waals surface area contributed by atoms with Gasteiger partial charge in [-0.05, 0) is 74.5 Å². The van der Waals surface area contributed by atoms with Crippen LogP contribution in [0.25, 0.3) is 0 Å². The maximum atomic E-state index is 12.3. The van der Waals surface area contributed by atoms with E-state index in [2.05, 4.69) is 5.32 Å². The van der Waals surface area contributed by atoms with E-state index in [4.69, 9.17) is 9.47 Å². The van der Waals surface area contributed by atoms with E-state index in [9.17, 15) is 9.59 Å². The van der Waals surface area contributed by atoms with Crippen LogP contribution >= 0.6 is 0 Å². The van der Waals surface area contributed by atoms with Crippen LogP contribution in [-0.4, -0.2) is 36.4 Å². The van der Waals surface area contributed by atoms with Crippen molar-refractivity contribution in [3.05, 3.63) is 84.4 Å². The van der Waals surface area contributed by atoms with Gasteiger partial charge in [0.05, 0.1) is 0 Å². The molecule has 6 heteroatoms. The van der Waals surface area contributed by atoms with Gasteiger partial charge in [-0.3, -0.25) is 9.59 Å². The lowest BCUT2D eigenvalue weighted by molar-refractivity contribution is -0.118. The van der Waals surface area contributed by atoms with Crippen molar-refractivity contribution in [2.75, 3.05) is 25.0 Å². The highest BCUT2D eigenvalue weighted by Gasteiger charge is 2.12. The lowest BCUT2D eigenvalue weighted by Crippen LogP contribution is -2.30. The summed E-state index contributed by atoms with van der Waals surface area (Å²) < 4.78 is 11.3. The highest BCUT2D eigenvalue weighted by atomic mass is 16.5. The molecule has 3 rings (SSSR count). The van der Waals surface area contributed by atoms with E-state index in [1.807, 2.05) is 44.2 Å². The Morgan fingerprint density at radius 2 is 1.35 bits per heavy atom. The number of anilines is 1. The maximum absolute atomic E-state index is 12.3. The SMILES string of the molecule is CCN(CC)C(=O)c1ccc(OCC(=O)Nc2ccc(Oc3ccccc3)cc2)cc1. The smallest absolute Gasteiger partial charge is 0.262 e. The molecule has 0 heterocycles. The van der Waals surface area contributed by atoms with Gasteiger partial charge < -0.3 is 19.7 Å². The molecule has 0 unspecified atom stereocenters. The van der Waals surface area contributed by atoms with E-state index in [0.717, 1.165) is 5.75 Å². The molecule has 3 aromatic carbocycles. The molecule has 160 valence electrons. The van der Waals surface area contributed by atoms with Gasteiger partial charge in [0.15, 0.2) is 6.61 Å². The summed E-state index contributed by atoms with van der Waals surface area (Å²) >= 11 is 0. The maximum Gasteiger partial charge on any atom is 0.262 e. The van der Waals surface area contributed by atoms with Crippen LogP contribution in [0.4, 0.5) is 5.69 Å². The molecule has 0 aliphatic carbocycles. The summed E-state index contributed by atoms with van der Waals surface area (Å²) in [5, 5.41) is 2.78. The molecular formula is C25H26N2O4. The average Bonchev–Trinajstić information content (AvgIpc) is 2.81. The molecule has 2 amide bonds. The Morgan fingerprint density at radius 3 is 1.97 bits per heavy atom. The largest absolute Gasteiger partial charge is 0.484 e. The fourth-order valence-corrected chi connectivity index (χ4v) is 2.96. The number of nitrogens with one attached hydrogen (secondary N) is 1. The quantitative estimate of drug-likeness (QED) is 0.532. The minimum atomic E-state index is -0.278. The van der Waals surface area contributed by atoms with Crippen molar-refractivity contribution in [1.29, 1.82) is 0 Å². The third-order valence-electron chi connectivity index (χ3n) is 4.64. The van der Waals surface area contributed by atoms with Crippen LogP contribution < -0.4 is 14.8 Å². The van der Waals surface area contributed by atoms with Crippen LogP contribution in [0.15, 0.2) is 78.9 Å². The lowest BCUT2D eigenvalue weighted by atomic mass is 10.2. The van der Waals surface area contributed by atoms with Crippen molar-refractivity contribution in [2.24, 2.45) is 0 Å². The van der Waals surface area contributed by atoms with Crippen LogP contribution in [-0.2, 0) is 4.79 Å². The van der Waals surface area contributed by atoms with E-state index in [-0.39, 0.29) is 18.4 Å². The van der Waals surface area contributed by atoms with Gasteiger partial charge in [0.1, 0.15) is 17.2 Å². The van der Waals surface area contributed by atoms with Crippen molar-refractivity contribution in [2.45, 2.75) is 13.8 Å². The molecule has 0 saturated heterocycles. The molecule has 0 fully saturated rings. The first-order chi connectivity index (χ1) is 15.1. The van der Waals surface area contributed by atoms with Gasteiger partial charge in [0.25, 0.3) is 11.8 Å². The molecule has 0 atom stereocenters. The van der Waals surface area contributed by atoms with Crippen molar-refractivity contribution in [1.82, 2.24) is 4.90 Å². The van der Waals surface area contributed by atoms with Gasteiger partial charge in [-0.2, -0.15) is 0 Å². The number of hydrogen-bond acceptors (Lipinski definition) is 4. The van der Waals surface area contributed by atoms with Gasteiger partial charge in [-0.25, -0.2) is 0 Å². The molecule has 0 spiro atoms. The summed E-state index contributed by atoms with van der Waals surface area (Å²) in [6, 6.07) is 23.4. The third kappa shape index (κ3) is 6.34. The summed E-state index contributed by atoms with van der Waals surface area (Å²) in [6.07, 6.45) is 0. The first-order valence-corrected chi connectivity index (χ1v) is 10.2. The molecule has 0 bridgehead atoms. The molecule has 0 aromatic heterocycles. The van der Waals surface area contributed by atoms with Crippen LogP contribution in [0.5, 0.6) is 17.2 Å². The average molecular weight is 418 g/mol. The molecule has 0 radical (unpaired) electrons. The second kappa shape index (κ2) is 10.8. The Labute approximate surface area is 182 Å². The van der Waals surface area contributed by atoms with Gasteiger partial charge in [0, 0.05) is 24.3 Å². The predicted molar refractivity (Wildman–Crippen MR) is 121 cm³/mol. The van der Waals surface area contributed by atoms with Crippen LogP contribution in [0.1, 0.15) is 24.2 Å². The van der Waals surface area contributed by atoms with Crippen molar-refractivity contribution >= 4 is 17.5 Å². The zero-order valence-electron chi connectivity index (χ0n) is 17.7. The summed E-state index contributed by atoms with van der Waals surface area (Å²) in [7, 11) is 0. The van der Waals surface area contributed by atoms with Crippen molar-refractivity contribution in [3.8, 4) is 17.2 Å². The number of rotatable bonds is 9. The Kier molecular flexibility index (Phi) is 7.65. The summed E-state index contributed by atoms with van der Waals surface area (Å²) in [6.45, 7) is 5.08. The summed E-state index contributed by atoms with van der Waals surface area (Å²) in [5.74, 6) is 1.66. The van der Waals surface area contributed by atoms with Crippen LogP contribution in [0, 0.1) is 0 Å². The highest BCUT2D eigenvalue weighted by molar-refractivity contribution is 5.94. The number of nitrogens with zero attached hydrogens (tertiary/aromatic N) is 1. The van der Waals surface area contributed by atoms with Gasteiger partial charge >= 0.3 is 0 Å². The Bertz CT molecular complexity index is 982. The number of carbonyl (C=O) groups is 2. The monoisotopic (exact) mass is 418 g/mol. The summed E-state index contributed by atoms with van der Waals surface area (Å²) in [4.78, 5) is 26.3. The Balaban J connectivity index is 1.48. The van der Waals surface area contributed by atoms with E-state index in [1.165, 1.54) is 0 Å². The standard InChI is InChI=1S/C25H26N2O4/c1-3-27(4-2)25(29)19-10-14-21(15-11-19)30-18-24(28)26-20-12-16-23(17-13-20)31-22-8-6-5-7-9-22/h5-17H,3-4,18H2,1-2H3,(H,26,28). The van der Waals surface area contributed by atoms with Gasteiger partial charge in [-0.15, -0.1) is 0 Å². The molecule has 0 aliphatic heterocycles. The van der Waals surface area contributed by atoms with Gasteiger partial charge in [0.2, 0.25) is 0 Å². The number of carbonyl (C=O) groups excluding carboxylic acids is 2. The zero-order chi connectivity index (χ0) is 22.1. The van der Waals surface area contributed by atoms with E-state index in [1.54, 1.807) is 53.4 Å². The molecule has 0 aliphatic rings. The summed E-state index contributed by atoms with van der Waals surface area (Å²) in [5.41, 5.74) is 1.24. The van der Waals surface area contributed by atoms with Gasteiger partial charge in [-0.1, -0.05) is 18.2 Å². The number of ether oxygens (including phenoxy) is 2. The number of hydrogen-bond donors (Lipinski definition) is 1. The normalized spacial score (nSPS) is 10.3. The van der Waals surface area contributed by atoms with E-state index in [0.29, 0.717) is 35.8 Å². The topological polar surface area (TPSA) is 67.9 Å². The molecule has 31 heavy (non-hydrogen) atoms. The Hall–Kier alpha value is -3.80. The molecule has 1 N–H and O–H groups in total. The molecule has 3 aromatic rings. The van der Waals surface area contributed by atoms with Crippen LogP contribution in [0.3, 0.4) is 0 Å². The van der Waals surface area contributed by atoms with E-state index < -0.39 is 0 Å². The van der Waals surface area contributed by atoms with E-state index >= 15 is 0 Å². The van der Waals surface area contributed by atoms with Crippen molar-refractivity contribution < 1.29 is 19.1 Å². The second-order valence-electron chi connectivity index (χ2n) is 6.78. The minimum Gasteiger partial charge on any atom is -0.484 e. The van der Waals surface area contributed by atoms with Crippen molar-refractivity contribution in [3.63, 3.8) is 0 Å². The Morgan fingerprint density at radius 1 is 0.774 bits per heavy atom. The zero-order valence-corrected chi connectivity index (χ0v) is 17.7. The fourth-order valence-electron chi connectivity index (χ4n) is 2.96.